The summed E-state index contributed by atoms with van der Waals surface area (Å²) >= 11 is 0. The quantitative estimate of drug-likeness (QED) is 0.568. The molecule has 0 fully saturated rings. The van der Waals surface area contributed by atoms with Gasteiger partial charge in [-0.2, -0.15) is 0 Å². The van der Waals surface area contributed by atoms with Crippen LogP contribution in [0.3, 0.4) is 0 Å². The molecule has 0 aliphatic rings. The number of likely N-dealkylation sites (N-methyl/N-ethyl adjacent to an activating group) is 1. The average molecular weight is 282 g/mol. The normalized spacial score (nSPS) is 10.4. The number of nitrogens with zero attached hydrogens (tertiary/aromatic N) is 4. The molecule has 0 spiro atoms. The number of aromatic nitrogens is 2. The zero-order valence-corrected chi connectivity index (χ0v) is 11.7. The van der Waals surface area contributed by atoms with Gasteiger partial charge in [0, 0.05) is 12.6 Å². The fourth-order valence-electron chi connectivity index (χ4n) is 1.67. The average Bonchev–Trinajstić information content (AvgIpc) is 2.34. The summed E-state index contributed by atoms with van der Waals surface area (Å²) in [4.78, 5) is 31.1. The number of carbonyl (C=O) groups is 1. The van der Waals surface area contributed by atoms with E-state index in [1.807, 2.05) is 13.8 Å². The molecule has 0 atom stereocenters. The molecule has 0 saturated carbocycles. The van der Waals surface area contributed by atoms with Crippen molar-refractivity contribution in [3.8, 4) is 0 Å². The zero-order chi connectivity index (χ0) is 15.3. The maximum Gasteiger partial charge on any atom is 0.353 e. The molecule has 0 radical (unpaired) electrons. The van der Waals surface area contributed by atoms with Crippen molar-refractivity contribution < 1.29 is 9.72 Å². The van der Waals surface area contributed by atoms with Gasteiger partial charge in [-0.15, -0.1) is 0 Å². The van der Waals surface area contributed by atoms with Gasteiger partial charge in [0.2, 0.25) is 17.5 Å². The lowest BCUT2D eigenvalue weighted by atomic mass is 10.3. The van der Waals surface area contributed by atoms with Gasteiger partial charge in [0.1, 0.15) is 6.33 Å². The van der Waals surface area contributed by atoms with Gasteiger partial charge >= 0.3 is 5.69 Å². The van der Waals surface area contributed by atoms with E-state index in [4.69, 9.17) is 5.73 Å². The van der Waals surface area contributed by atoms with Crippen molar-refractivity contribution in [2.75, 3.05) is 23.7 Å². The monoisotopic (exact) mass is 282 g/mol. The number of hydrogen-bond donors (Lipinski definition) is 2. The van der Waals surface area contributed by atoms with Crippen molar-refractivity contribution in [1.29, 1.82) is 0 Å². The Morgan fingerprint density at radius 2 is 2.20 bits per heavy atom. The van der Waals surface area contributed by atoms with Crippen molar-refractivity contribution in [3.63, 3.8) is 0 Å². The van der Waals surface area contributed by atoms with Gasteiger partial charge in [0.25, 0.3) is 0 Å². The van der Waals surface area contributed by atoms with E-state index in [1.54, 1.807) is 6.92 Å². The van der Waals surface area contributed by atoms with Gasteiger partial charge in [0.05, 0.1) is 11.5 Å². The first-order valence-corrected chi connectivity index (χ1v) is 6.16. The molecular formula is C11H18N6O3. The Morgan fingerprint density at radius 1 is 1.55 bits per heavy atom. The van der Waals surface area contributed by atoms with Crippen molar-refractivity contribution in [2.45, 2.75) is 26.8 Å². The lowest BCUT2D eigenvalue weighted by molar-refractivity contribution is -0.383. The van der Waals surface area contributed by atoms with Crippen LogP contribution in [0.4, 0.5) is 17.3 Å². The molecule has 1 aromatic rings. The van der Waals surface area contributed by atoms with Crippen LogP contribution in [0.2, 0.25) is 0 Å². The number of carbonyl (C=O) groups excluding carboxylic acids is 1. The maximum absolute atomic E-state index is 11.8. The largest absolute Gasteiger partial charge is 0.378 e. The predicted molar refractivity (Wildman–Crippen MR) is 74.3 cm³/mol. The van der Waals surface area contributed by atoms with Crippen LogP contribution < -0.4 is 16.0 Å². The Labute approximate surface area is 116 Å². The third-order valence-corrected chi connectivity index (χ3v) is 2.48. The number of hydrogen-bond acceptors (Lipinski definition) is 7. The third-order valence-electron chi connectivity index (χ3n) is 2.48. The SMILES string of the molecule is CCN(CC(=O)NC(C)C)c1ncnc(N)c1[N+](=O)[O-]. The standard InChI is InChI=1S/C11H18N6O3/c1-4-16(5-8(18)15-7(2)3)11-9(17(19)20)10(12)13-6-14-11/h6-7H,4-5H2,1-3H3,(H,15,18)(H2,12,13,14). The molecule has 1 aromatic heterocycles. The van der Waals surface area contributed by atoms with E-state index < -0.39 is 4.92 Å². The number of nitrogens with one attached hydrogen (secondary N) is 1. The van der Waals surface area contributed by atoms with Crippen LogP contribution in [0.5, 0.6) is 0 Å². The molecule has 1 heterocycles. The number of nitrogens with two attached hydrogens (primary N) is 1. The van der Waals surface area contributed by atoms with E-state index in [0.717, 1.165) is 6.33 Å². The number of nitrogen functional groups attached to an aromatic ring is 1. The zero-order valence-electron chi connectivity index (χ0n) is 11.7. The van der Waals surface area contributed by atoms with Crippen LogP contribution in [0.25, 0.3) is 0 Å². The second-order valence-corrected chi connectivity index (χ2v) is 4.42. The molecule has 0 aromatic carbocycles. The summed E-state index contributed by atoms with van der Waals surface area (Å²) in [5, 5.41) is 13.8. The van der Waals surface area contributed by atoms with Gasteiger partial charge < -0.3 is 16.0 Å². The summed E-state index contributed by atoms with van der Waals surface area (Å²) in [5.41, 5.74) is 5.12. The fraction of sp³-hybridized carbons (Fsp3) is 0.545. The summed E-state index contributed by atoms with van der Waals surface area (Å²) in [6.07, 6.45) is 1.14. The van der Waals surface area contributed by atoms with E-state index >= 15 is 0 Å². The highest BCUT2D eigenvalue weighted by atomic mass is 16.6. The summed E-state index contributed by atoms with van der Waals surface area (Å²) in [5.74, 6) is -0.417. The molecule has 9 heteroatoms. The molecule has 0 unspecified atom stereocenters. The van der Waals surface area contributed by atoms with E-state index in [9.17, 15) is 14.9 Å². The Hall–Kier alpha value is -2.45. The highest BCUT2D eigenvalue weighted by molar-refractivity contribution is 5.82. The number of anilines is 2. The topological polar surface area (TPSA) is 127 Å². The molecule has 1 amide bonds. The second kappa shape index (κ2) is 6.64. The molecular weight excluding hydrogens is 264 g/mol. The number of amides is 1. The van der Waals surface area contributed by atoms with Crippen molar-refractivity contribution in [1.82, 2.24) is 15.3 Å². The van der Waals surface area contributed by atoms with Gasteiger partial charge in [-0.05, 0) is 20.8 Å². The first-order chi connectivity index (χ1) is 9.36. The smallest absolute Gasteiger partial charge is 0.353 e. The van der Waals surface area contributed by atoms with Crippen LogP contribution in [-0.2, 0) is 4.79 Å². The molecule has 0 bridgehead atoms. The molecule has 3 N–H and O–H groups in total. The van der Waals surface area contributed by atoms with Gasteiger partial charge in [-0.3, -0.25) is 14.9 Å². The van der Waals surface area contributed by atoms with E-state index in [1.165, 1.54) is 4.90 Å². The second-order valence-electron chi connectivity index (χ2n) is 4.42. The first-order valence-electron chi connectivity index (χ1n) is 6.16. The minimum absolute atomic E-state index is 0.00772. The Bertz CT molecular complexity index is 505. The summed E-state index contributed by atoms with van der Waals surface area (Å²) in [6, 6.07) is -0.00772. The van der Waals surface area contributed by atoms with Gasteiger partial charge in [0.15, 0.2) is 0 Å². The van der Waals surface area contributed by atoms with Crippen LogP contribution in [0.15, 0.2) is 6.33 Å². The van der Waals surface area contributed by atoms with Gasteiger partial charge in [-0.25, -0.2) is 9.97 Å². The van der Waals surface area contributed by atoms with Gasteiger partial charge in [-0.1, -0.05) is 0 Å². The van der Waals surface area contributed by atoms with Crippen molar-refractivity contribution in [2.24, 2.45) is 0 Å². The number of nitro groups is 1. The third kappa shape index (κ3) is 3.77. The maximum atomic E-state index is 11.8. The summed E-state index contributed by atoms with van der Waals surface area (Å²) in [7, 11) is 0. The molecule has 110 valence electrons. The number of rotatable bonds is 6. The van der Waals surface area contributed by atoms with Crippen LogP contribution in [0.1, 0.15) is 20.8 Å². The van der Waals surface area contributed by atoms with Crippen molar-refractivity contribution >= 4 is 23.2 Å². The van der Waals surface area contributed by atoms with E-state index in [-0.39, 0.29) is 35.8 Å². The first kappa shape index (κ1) is 15.6. The minimum Gasteiger partial charge on any atom is -0.378 e. The van der Waals surface area contributed by atoms with Crippen LogP contribution in [-0.4, -0.2) is 39.9 Å². The van der Waals surface area contributed by atoms with E-state index in [0.29, 0.717) is 6.54 Å². The molecule has 0 aliphatic carbocycles. The van der Waals surface area contributed by atoms with E-state index in [2.05, 4.69) is 15.3 Å². The lowest BCUT2D eigenvalue weighted by Gasteiger charge is -2.21. The summed E-state index contributed by atoms with van der Waals surface area (Å²) in [6.45, 7) is 5.78. The molecule has 0 aliphatic heterocycles. The molecule has 9 nitrogen and oxygen atoms in total. The minimum atomic E-state index is -0.645. The van der Waals surface area contributed by atoms with Crippen LogP contribution >= 0.6 is 0 Å². The molecule has 20 heavy (non-hydrogen) atoms. The highest BCUT2D eigenvalue weighted by Crippen LogP contribution is 2.29. The van der Waals surface area contributed by atoms with Crippen LogP contribution in [0, 0.1) is 10.1 Å². The Balaban J connectivity index is 3.04. The Kier molecular flexibility index (Phi) is 5.18. The Morgan fingerprint density at radius 3 is 2.70 bits per heavy atom. The molecule has 1 rings (SSSR count). The fourth-order valence-corrected chi connectivity index (χ4v) is 1.67. The highest BCUT2D eigenvalue weighted by Gasteiger charge is 2.26. The summed E-state index contributed by atoms with van der Waals surface area (Å²) < 4.78 is 0. The predicted octanol–water partition coefficient (Wildman–Crippen LogP) is 0.318. The van der Waals surface area contributed by atoms with Crippen molar-refractivity contribution in [3.05, 3.63) is 16.4 Å². The lowest BCUT2D eigenvalue weighted by Crippen LogP contribution is -2.40. The molecule has 0 saturated heterocycles.